The van der Waals surface area contributed by atoms with Crippen LogP contribution in [0.5, 0.6) is 0 Å². The molecule has 60 heavy (non-hydrogen) atoms. The summed E-state index contributed by atoms with van der Waals surface area (Å²) in [5, 5.41) is 16.1. The summed E-state index contributed by atoms with van der Waals surface area (Å²) in [4.78, 5) is 75.1. The van der Waals surface area contributed by atoms with E-state index in [1.54, 1.807) is 13.8 Å². The van der Waals surface area contributed by atoms with E-state index in [4.69, 9.17) is 4.74 Å². The molecule has 0 bridgehead atoms. The monoisotopic (exact) mass is 825 g/mol. The van der Waals surface area contributed by atoms with Gasteiger partial charge in [-0.1, -0.05) is 74.4 Å². The third-order valence-corrected chi connectivity index (χ3v) is 18.4. The zero-order chi connectivity index (χ0) is 43.7. The number of ketones is 1. The summed E-state index contributed by atoms with van der Waals surface area (Å²) in [5.41, 5.74) is 0.309. The number of amides is 2. The highest BCUT2D eigenvalue weighted by Gasteiger charge is 2.71. The standard InChI is InChI=1S/C49H68N4O7/c1-26(2)36-32(54)25-49(53-42(59)45(7,8)52-39(55)38-50-30-14-12-13-15-31(30)51-38)23-22-47(10)27(37(36)49)16-17-34-46(9)20-19-35(44(5,6)33(46)18-21-48(34,47)11)60-41(58)29-24-28(40(56)57)43(29,3)4/h12-15,26-29,33-35H,16-25H2,1-11H3,(H,50,51)(H,52,55)(H,53,59)(H,56,57)/t27-,28+,29-,33+,34-,35+,46+,47-,48-,49-/m1/s1. The number of aromatic amines is 1. The Morgan fingerprint density at radius 1 is 0.867 bits per heavy atom. The zero-order valence-corrected chi connectivity index (χ0v) is 37.8. The average Bonchev–Trinajstić information content (AvgIpc) is 3.71. The fraction of sp³-hybridized carbons (Fsp3) is 0.714. The molecule has 0 aliphatic heterocycles. The predicted octanol–water partition coefficient (Wildman–Crippen LogP) is 8.58. The minimum atomic E-state index is -1.29. The number of fused-ring (bicyclic) bond motifs is 8. The van der Waals surface area contributed by atoms with Crippen LogP contribution in [0.25, 0.3) is 11.0 Å². The van der Waals surface area contributed by atoms with Gasteiger partial charge >= 0.3 is 11.9 Å². The second kappa shape index (κ2) is 13.7. The molecule has 6 aliphatic carbocycles. The Morgan fingerprint density at radius 3 is 2.22 bits per heavy atom. The van der Waals surface area contributed by atoms with Crippen molar-refractivity contribution in [2.24, 2.45) is 62.6 Å². The van der Waals surface area contributed by atoms with E-state index in [2.05, 4.69) is 69.1 Å². The lowest BCUT2D eigenvalue weighted by molar-refractivity contribution is -0.235. The molecule has 0 saturated heterocycles. The lowest BCUT2D eigenvalue weighted by Gasteiger charge is -2.72. The first kappa shape index (κ1) is 42.7. The molecule has 10 atom stereocenters. The lowest BCUT2D eigenvalue weighted by Crippen LogP contribution is -2.68. The van der Waals surface area contributed by atoms with Gasteiger partial charge in [-0.15, -0.1) is 0 Å². The van der Waals surface area contributed by atoms with Gasteiger partial charge in [0.25, 0.3) is 5.91 Å². The number of carboxylic acid groups (broad SMARTS) is 1. The molecule has 0 unspecified atom stereocenters. The molecule has 11 nitrogen and oxygen atoms in total. The third kappa shape index (κ3) is 5.99. The number of carbonyl (C=O) groups excluding carboxylic acids is 4. The molecule has 5 saturated carbocycles. The minimum absolute atomic E-state index is 0.00696. The number of aliphatic carboxylic acids is 1. The quantitative estimate of drug-likeness (QED) is 0.192. The summed E-state index contributed by atoms with van der Waals surface area (Å²) < 4.78 is 6.42. The molecule has 1 aromatic heterocycles. The van der Waals surface area contributed by atoms with E-state index in [-0.39, 0.29) is 69.5 Å². The molecule has 1 heterocycles. The van der Waals surface area contributed by atoms with E-state index in [9.17, 15) is 29.1 Å². The number of esters is 1. The summed E-state index contributed by atoms with van der Waals surface area (Å²) in [5.74, 6) is -1.66. The fourth-order valence-corrected chi connectivity index (χ4v) is 14.7. The fourth-order valence-electron chi connectivity index (χ4n) is 14.7. The van der Waals surface area contributed by atoms with Crippen molar-refractivity contribution in [3.8, 4) is 0 Å². The van der Waals surface area contributed by atoms with Crippen molar-refractivity contribution in [2.45, 2.75) is 158 Å². The van der Waals surface area contributed by atoms with E-state index in [1.807, 2.05) is 38.1 Å². The van der Waals surface area contributed by atoms with Gasteiger partial charge < -0.3 is 25.5 Å². The van der Waals surface area contributed by atoms with Gasteiger partial charge in [0.05, 0.1) is 28.4 Å². The Morgan fingerprint density at radius 2 is 1.57 bits per heavy atom. The molecule has 2 amide bonds. The van der Waals surface area contributed by atoms with Crippen LogP contribution in [0.15, 0.2) is 35.4 Å². The molecular formula is C49H68N4O7. The number of hydrogen-bond acceptors (Lipinski definition) is 7. The van der Waals surface area contributed by atoms with Crippen LogP contribution in [0.4, 0.5) is 0 Å². The maximum absolute atomic E-state index is 14.5. The second-order valence-corrected chi connectivity index (χ2v) is 22.7. The first-order valence-electron chi connectivity index (χ1n) is 22.6. The van der Waals surface area contributed by atoms with Crippen LogP contribution in [-0.4, -0.2) is 61.8 Å². The van der Waals surface area contributed by atoms with Crippen molar-refractivity contribution >= 4 is 40.6 Å². The van der Waals surface area contributed by atoms with Crippen molar-refractivity contribution in [2.75, 3.05) is 0 Å². The smallest absolute Gasteiger partial charge is 0.309 e. The topological polar surface area (TPSA) is 168 Å². The first-order chi connectivity index (χ1) is 27.8. The molecule has 1 aromatic carbocycles. The summed E-state index contributed by atoms with van der Waals surface area (Å²) in [7, 11) is 0. The van der Waals surface area contributed by atoms with Gasteiger partial charge in [0.15, 0.2) is 11.6 Å². The van der Waals surface area contributed by atoms with Crippen LogP contribution >= 0.6 is 0 Å². The molecule has 5 fully saturated rings. The highest BCUT2D eigenvalue weighted by atomic mass is 16.5. The molecule has 2 aromatic rings. The molecule has 4 N–H and O–H groups in total. The van der Waals surface area contributed by atoms with E-state index >= 15 is 0 Å². The number of rotatable bonds is 8. The van der Waals surface area contributed by atoms with Crippen LogP contribution in [0.3, 0.4) is 0 Å². The Bertz CT molecular complexity index is 2170. The zero-order valence-electron chi connectivity index (χ0n) is 37.8. The van der Waals surface area contributed by atoms with Crippen molar-refractivity contribution in [3.63, 3.8) is 0 Å². The molecule has 8 rings (SSSR count). The minimum Gasteiger partial charge on any atom is -0.481 e. The van der Waals surface area contributed by atoms with Crippen molar-refractivity contribution in [1.82, 2.24) is 20.6 Å². The number of allylic oxidation sites excluding steroid dienone is 1. The lowest BCUT2D eigenvalue weighted by atomic mass is 9.33. The van der Waals surface area contributed by atoms with Crippen LogP contribution in [0.1, 0.15) is 151 Å². The Hall–Kier alpha value is -4.02. The summed E-state index contributed by atoms with van der Waals surface area (Å²) in [6.45, 7) is 23.5. The van der Waals surface area contributed by atoms with Crippen LogP contribution in [-0.2, 0) is 23.9 Å². The van der Waals surface area contributed by atoms with Crippen molar-refractivity contribution < 1.29 is 33.8 Å². The Labute approximate surface area is 355 Å². The average molecular weight is 825 g/mol. The SMILES string of the molecule is CC(C)C1=C2[C@H]3CC[C@@H]4[C@@]5(C)CC[C@H](OC(=O)[C@H]6C[C@@H](C(=O)O)C6(C)C)C(C)(C)[C@@H]5CC[C@@]4(C)[C@]3(C)CC[C@@]2(NC(=O)C(C)(C)NC(=O)c2nc3ccccc3[nH]2)CC1=O. The first-order valence-corrected chi connectivity index (χ1v) is 22.6. The Kier molecular flexibility index (Phi) is 9.77. The number of imidazole rings is 1. The summed E-state index contributed by atoms with van der Waals surface area (Å²) in [6.07, 6.45) is 7.61. The maximum Gasteiger partial charge on any atom is 0.309 e. The normalized spacial score (nSPS) is 37.9. The highest BCUT2D eigenvalue weighted by Crippen LogP contribution is 2.76. The van der Waals surface area contributed by atoms with E-state index < -0.39 is 40.2 Å². The van der Waals surface area contributed by atoms with E-state index in [0.717, 1.165) is 61.6 Å². The van der Waals surface area contributed by atoms with Gasteiger partial charge in [-0.2, -0.15) is 0 Å². The van der Waals surface area contributed by atoms with Gasteiger partial charge in [-0.3, -0.25) is 24.0 Å². The number of aromatic nitrogens is 2. The number of nitrogens with zero attached hydrogens (tertiary/aromatic N) is 1. The van der Waals surface area contributed by atoms with Gasteiger partial charge in [-0.25, -0.2) is 4.98 Å². The number of hydrogen-bond donors (Lipinski definition) is 4. The number of Topliss-reactive ketones (excluding diaryl/α,β-unsaturated/α-hetero) is 1. The largest absolute Gasteiger partial charge is 0.481 e. The molecule has 6 aliphatic rings. The molecule has 0 spiro atoms. The van der Waals surface area contributed by atoms with Crippen molar-refractivity contribution in [3.05, 3.63) is 41.2 Å². The molecule has 0 radical (unpaired) electrons. The number of H-pyrrole nitrogens is 1. The summed E-state index contributed by atoms with van der Waals surface area (Å²) >= 11 is 0. The molecule has 326 valence electrons. The van der Waals surface area contributed by atoms with Gasteiger partial charge in [0, 0.05) is 11.8 Å². The Balaban J connectivity index is 1.03. The van der Waals surface area contributed by atoms with E-state index in [1.165, 1.54) is 0 Å². The van der Waals surface area contributed by atoms with Gasteiger partial charge in [-0.05, 0) is 140 Å². The number of nitrogens with one attached hydrogen (secondary N) is 3. The predicted molar refractivity (Wildman–Crippen MR) is 228 cm³/mol. The van der Waals surface area contributed by atoms with Crippen LogP contribution < -0.4 is 10.6 Å². The van der Waals surface area contributed by atoms with Gasteiger partial charge in [0.1, 0.15) is 11.6 Å². The maximum atomic E-state index is 14.5. The van der Waals surface area contributed by atoms with Gasteiger partial charge in [0.2, 0.25) is 5.91 Å². The number of ether oxygens (including phenoxy) is 1. The number of carboxylic acids is 1. The number of carbonyl (C=O) groups is 5. The molecular weight excluding hydrogens is 757 g/mol. The van der Waals surface area contributed by atoms with Crippen LogP contribution in [0, 0.1) is 62.6 Å². The second-order valence-electron chi connectivity index (χ2n) is 22.7. The number of benzene rings is 1. The highest BCUT2D eigenvalue weighted by molar-refractivity contribution is 6.03. The molecule has 11 heteroatoms. The summed E-state index contributed by atoms with van der Waals surface area (Å²) in [6, 6.07) is 7.42. The van der Waals surface area contributed by atoms with E-state index in [0.29, 0.717) is 30.2 Å². The van der Waals surface area contributed by atoms with Crippen molar-refractivity contribution in [1.29, 1.82) is 0 Å². The van der Waals surface area contributed by atoms with Crippen LogP contribution in [0.2, 0.25) is 0 Å². The number of para-hydroxylation sites is 2. The third-order valence-electron chi connectivity index (χ3n) is 18.4.